The van der Waals surface area contributed by atoms with Gasteiger partial charge in [-0.2, -0.15) is 5.10 Å². The molecule has 0 aromatic carbocycles. The number of terminal acetylenes is 1. The van der Waals surface area contributed by atoms with Crippen molar-refractivity contribution in [1.29, 1.82) is 0 Å². The largest absolute Gasteiger partial charge is 0.381 e. The van der Waals surface area contributed by atoms with Crippen LogP contribution in [-0.2, 0) is 11.3 Å². The van der Waals surface area contributed by atoms with Crippen LogP contribution in [0.2, 0.25) is 0 Å². The maximum absolute atomic E-state index is 5.28. The van der Waals surface area contributed by atoms with Crippen LogP contribution in [0, 0.1) is 18.3 Å². The van der Waals surface area contributed by atoms with Crippen molar-refractivity contribution in [2.75, 3.05) is 13.2 Å². The van der Waals surface area contributed by atoms with E-state index in [1.165, 1.54) is 0 Å². The van der Waals surface area contributed by atoms with Gasteiger partial charge in [0.25, 0.3) is 0 Å². The SMILES string of the molecule is C#Cc1cnn(C[C@@H]2CCOC2)c1. The van der Waals surface area contributed by atoms with Crippen LogP contribution in [0.3, 0.4) is 0 Å². The van der Waals surface area contributed by atoms with Gasteiger partial charge >= 0.3 is 0 Å². The van der Waals surface area contributed by atoms with Gasteiger partial charge in [-0.25, -0.2) is 0 Å². The molecular formula is C10H12N2O. The van der Waals surface area contributed by atoms with Gasteiger partial charge in [0.05, 0.1) is 18.4 Å². The van der Waals surface area contributed by atoms with E-state index < -0.39 is 0 Å². The van der Waals surface area contributed by atoms with E-state index in [0.717, 1.165) is 31.7 Å². The van der Waals surface area contributed by atoms with Crippen LogP contribution in [-0.4, -0.2) is 23.0 Å². The zero-order chi connectivity index (χ0) is 9.10. The fourth-order valence-electron chi connectivity index (χ4n) is 1.53. The molecule has 3 heteroatoms. The Morgan fingerprint density at radius 2 is 2.69 bits per heavy atom. The summed E-state index contributed by atoms with van der Waals surface area (Å²) in [5.41, 5.74) is 0.846. The Balaban J connectivity index is 1.97. The third kappa shape index (κ3) is 1.90. The van der Waals surface area contributed by atoms with Crippen LogP contribution >= 0.6 is 0 Å². The van der Waals surface area contributed by atoms with Gasteiger partial charge in [0.15, 0.2) is 0 Å². The predicted octanol–water partition coefficient (Wildman–Crippen LogP) is 0.901. The summed E-state index contributed by atoms with van der Waals surface area (Å²) in [4.78, 5) is 0. The molecule has 0 unspecified atom stereocenters. The Labute approximate surface area is 77.7 Å². The Bertz CT molecular complexity index is 318. The first-order valence-electron chi connectivity index (χ1n) is 4.45. The molecule has 1 fully saturated rings. The fourth-order valence-corrected chi connectivity index (χ4v) is 1.53. The average molecular weight is 176 g/mol. The minimum Gasteiger partial charge on any atom is -0.381 e. The zero-order valence-corrected chi connectivity index (χ0v) is 7.44. The highest BCUT2D eigenvalue weighted by Gasteiger charge is 2.16. The first kappa shape index (κ1) is 8.33. The molecule has 2 heterocycles. The third-order valence-corrected chi connectivity index (χ3v) is 2.27. The van der Waals surface area contributed by atoms with Gasteiger partial charge in [-0.3, -0.25) is 4.68 Å². The molecule has 1 aromatic heterocycles. The van der Waals surface area contributed by atoms with E-state index in [-0.39, 0.29) is 0 Å². The molecule has 0 amide bonds. The number of hydrogen-bond donors (Lipinski definition) is 0. The molecule has 2 rings (SSSR count). The lowest BCUT2D eigenvalue weighted by atomic mass is 10.1. The standard InChI is InChI=1S/C10H12N2O/c1-2-9-5-11-12(6-9)7-10-3-4-13-8-10/h1,5-6,10H,3-4,7-8H2/t10-/m0/s1. The molecular weight excluding hydrogens is 164 g/mol. The second-order valence-corrected chi connectivity index (χ2v) is 3.33. The van der Waals surface area contributed by atoms with Crippen LogP contribution in [0.5, 0.6) is 0 Å². The Morgan fingerprint density at radius 1 is 1.77 bits per heavy atom. The maximum Gasteiger partial charge on any atom is 0.0646 e. The average Bonchev–Trinajstić information content (AvgIpc) is 2.76. The van der Waals surface area contributed by atoms with Crippen LogP contribution in [0.15, 0.2) is 12.4 Å². The summed E-state index contributed by atoms with van der Waals surface area (Å²) in [5, 5.41) is 4.17. The molecule has 0 saturated carbocycles. The molecule has 68 valence electrons. The number of rotatable bonds is 2. The van der Waals surface area contributed by atoms with E-state index in [1.54, 1.807) is 6.20 Å². The molecule has 0 bridgehead atoms. The smallest absolute Gasteiger partial charge is 0.0646 e. The number of aromatic nitrogens is 2. The number of nitrogens with zero attached hydrogens (tertiary/aromatic N) is 2. The van der Waals surface area contributed by atoms with Gasteiger partial charge in [-0.15, -0.1) is 6.42 Å². The summed E-state index contributed by atoms with van der Waals surface area (Å²) in [6, 6.07) is 0. The van der Waals surface area contributed by atoms with Gasteiger partial charge in [-0.1, -0.05) is 5.92 Å². The lowest BCUT2D eigenvalue weighted by molar-refractivity contribution is 0.181. The van der Waals surface area contributed by atoms with Crippen LogP contribution in [0.4, 0.5) is 0 Å². The first-order valence-corrected chi connectivity index (χ1v) is 4.45. The van der Waals surface area contributed by atoms with Crippen molar-refractivity contribution in [2.24, 2.45) is 5.92 Å². The summed E-state index contributed by atoms with van der Waals surface area (Å²) in [7, 11) is 0. The molecule has 1 saturated heterocycles. The summed E-state index contributed by atoms with van der Waals surface area (Å²) in [6.07, 6.45) is 9.99. The van der Waals surface area contributed by atoms with E-state index in [2.05, 4.69) is 11.0 Å². The van der Waals surface area contributed by atoms with Crippen molar-refractivity contribution in [1.82, 2.24) is 9.78 Å². The number of ether oxygens (including phenoxy) is 1. The Kier molecular flexibility index (Phi) is 2.33. The van der Waals surface area contributed by atoms with Crippen LogP contribution in [0.1, 0.15) is 12.0 Å². The molecule has 1 aliphatic heterocycles. The van der Waals surface area contributed by atoms with Crippen molar-refractivity contribution in [3.8, 4) is 12.3 Å². The molecule has 13 heavy (non-hydrogen) atoms. The summed E-state index contributed by atoms with van der Waals surface area (Å²) in [6.45, 7) is 2.65. The molecule has 1 aromatic rings. The molecule has 0 N–H and O–H groups in total. The maximum atomic E-state index is 5.28. The zero-order valence-electron chi connectivity index (χ0n) is 7.44. The third-order valence-electron chi connectivity index (χ3n) is 2.27. The predicted molar refractivity (Wildman–Crippen MR) is 49.1 cm³/mol. The monoisotopic (exact) mass is 176 g/mol. The van der Waals surface area contributed by atoms with E-state index in [4.69, 9.17) is 11.2 Å². The van der Waals surface area contributed by atoms with Crippen molar-refractivity contribution in [3.05, 3.63) is 18.0 Å². The van der Waals surface area contributed by atoms with Gasteiger partial charge in [0.2, 0.25) is 0 Å². The van der Waals surface area contributed by atoms with E-state index >= 15 is 0 Å². The van der Waals surface area contributed by atoms with E-state index in [1.807, 2.05) is 10.9 Å². The Hall–Kier alpha value is -1.27. The van der Waals surface area contributed by atoms with Gasteiger partial charge in [0, 0.05) is 25.3 Å². The fraction of sp³-hybridized carbons (Fsp3) is 0.500. The second-order valence-electron chi connectivity index (χ2n) is 3.33. The van der Waals surface area contributed by atoms with Crippen molar-refractivity contribution in [2.45, 2.75) is 13.0 Å². The molecule has 0 aliphatic carbocycles. The highest BCUT2D eigenvalue weighted by atomic mass is 16.5. The quantitative estimate of drug-likeness (QED) is 0.626. The van der Waals surface area contributed by atoms with Crippen molar-refractivity contribution >= 4 is 0 Å². The lowest BCUT2D eigenvalue weighted by Crippen LogP contribution is -2.10. The normalized spacial score (nSPS) is 21.6. The topological polar surface area (TPSA) is 27.1 Å². The van der Waals surface area contributed by atoms with Crippen molar-refractivity contribution < 1.29 is 4.74 Å². The van der Waals surface area contributed by atoms with E-state index in [0.29, 0.717) is 5.92 Å². The minimum absolute atomic E-state index is 0.602. The Morgan fingerprint density at radius 3 is 3.31 bits per heavy atom. The van der Waals surface area contributed by atoms with Gasteiger partial charge in [-0.05, 0) is 6.42 Å². The van der Waals surface area contributed by atoms with Crippen LogP contribution in [0.25, 0.3) is 0 Å². The highest BCUT2D eigenvalue weighted by molar-refractivity contribution is 5.26. The lowest BCUT2D eigenvalue weighted by Gasteiger charge is -2.06. The summed E-state index contributed by atoms with van der Waals surface area (Å²) < 4.78 is 7.18. The minimum atomic E-state index is 0.602. The molecule has 1 atom stereocenters. The summed E-state index contributed by atoms with van der Waals surface area (Å²) >= 11 is 0. The summed E-state index contributed by atoms with van der Waals surface area (Å²) in [5.74, 6) is 3.16. The van der Waals surface area contributed by atoms with Crippen LogP contribution < -0.4 is 0 Å². The second kappa shape index (κ2) is 3.63. The number of hydrogen-bond acceptors (Lipinski definition) is 2. The molecule has 0 radical (unpaired) electrons. The first-order chi connectivity index (χ1) is 6.38. The molecule has 0 spiro atoms. The molecule has 1 aliphatic rings. The van der Waals surface area contributed by atoms with Gasteiger partial charge in [0.1, 0.15) is 0 Å². The van der Waals surface area contributed by atoms with Gasteiger partial charge < -0.3 is 4.74 Å². The van der Waals surface area contributed by atoms with Crippen molar-refractivity contribution in [3.63, 3.8) is 0 Å². The highest BCUT2D eigenvalue weighted by Crippen LogP contribution is 2.14. The molecule has 3 nitrogen and oxygen atoms in total. The van der Waals surface area contributed by atoms with E-state index in [9.17, 15) is 0 Å².